The van der Waals surface area contributed by atoms with Crippen molar-refractivity contribution in [2.24, 2.45) is 5.73 Å². The van der Waals surface area contributed by atoms with Gasteiger partial charge < -0.3 is 21.1 Å². The average molecular weight is 355 g/mol. The van der Waals surface area contributed by atoms with Crippen molar-refractivity contribution in [1.29, 1.82) is 0 Å². The molecule has 2 rings (SSSR count). The highest BCUT2D eigenvalue weighted by Gasteiger charge is 2.24. The van der Waals surface area contributed by atoms with E-state index in [1.165, 1.54) is 7.11 Å². The summed E-state index contributed by atoms with van der Waals surface area (Å²) >= 11 is 0. The molecule has 0 spiro atoms. The highest BCUT2D eigenvalue weighted by Crippen LogP contribution is 2.05. The van der Waals surface area contributed by atoms with E-state index in [1.807, 2.05) is 60.7 Å². The van der Waals surface area contributed by atoms with Gasteiger partial charge in [-0.25, -0.2) is 0 Å². The molecule has 2 unspecified atom stereocenters. The van der Waals surface area contributed by atoms with Crippen LogP contribution in [0.15, 0.2) is 60.7 Å². The van der Waals surface area contributed by atoms with Gasteiger partial charge in [-0.1, -0.05) is 60.7 Å². The van der Waals surface area contributed by atoms with Crippen LogP contribution >= 0.6 is 0 Å². The van der Waals surface area contributed by atoms with Crippen molar-refractivity contribution in [2.45, 2.75) is 25.0 Å². The maximum Gasteiger partial charge on any atom is 0.243 e. The minimum Gasteiger partial charge on any atom is -0.383 e. The van der Waals surface area contributed by atoms with Gasteiger partial charge in [0.15, 0.2) is 0 Å². The molecular formula is C20H25N3O3. The largest absolute Gasteiger partial charge is 0.383 e. The highest BCUT2D eigenvalue weighted by atomic mass is 16.5. The predicted octanol–water partition coefficient (Wildman–Crippen LogP) is 1.00. The van der Waals surface area contributed by atoms with Crippen LogP contribution in [0.1, 0.15) is 11.1 Å². The van der Waals surface area contributed by atoms with Gasteiger partial charge >= 0.3 is 0 Å². The Labute approximate surface area is 153 Å². The normalized spacial score (nSPS) is 12.8. The van der Waals surface area contributed by atoms with Crippen LogP contribution < -0.4 is 16.4 Å². The number of nitrogens with one attached hydrogen (secondary N) is 2. The van der Waals surface area contributed by atoms with E-state index < -0.39 is 18.0 Å². The zero-order chi connectivity index (χ0) is 18.8. The van der Waals surface area contributed by atoms with Crippen molar-refractivity contribution in [3.8, 4) is 0 Å². The van der Waals surface area contributed by atoms with Gasteiger partial charge in [-0.3, -0.25) is 9.59 Å². The molecule has 4 N–H and O–H groups in total. The fourth-order valence-corrected chi connectivity index (χ4v) is 2.50. The third-order valence-electron chi connectivity index (χ3n) is 3.91. The quantitative estimate of drug-likeness (QED) is 0.626. The van der Waals surface area contributed by atoms with Crippen LogP contribution in [0.25, 0.3) is 0 Å². The Morgan fingerprint density at radius 3 is 2.12 bits per heavy atom. The summed E-state index contributed by atoms with van der Waals surface area (Å²) in [5, 5.41) is 5.60. The van der Waals surface area contributed by atoms with Gasteiger partial charge in [-0.2, -0.15) is 0 Å². The molecule has 0 saturated heterocycles. The molecule has 2 aromatic carbocycles. The van der Waals surface area contributed by atoms with Crippen LogP contribution in [0.5, 0.6) is 0 Å². The van der Waals surface area contributed by atoms with E-state index in [0.717, 1.165) is 11.1 Å². The first kappa shape index (κ1) is 19.6. The summed E-state index contributed by atoms with van der Waals surface area (Å²) in [5.41, 5.74) is 7.71. The molecule has 0 aliphatic heterocycles. The lowest BCUT2D eigenvalue weighted by Gasteiger charge is -2.21. The van der Waals surface area contributed by atoms with E-state index in [9.17, 15) is 9.59 Å². The molecule has 0 radical (unpaired) electrons. The summed E-state index contributed by atoms with van der Waals surface area (Å²) < 4.78 is 4.90. The van der Waals surface area contributed by atoms with Crippen LogP contribution in [0.2, 0.25) is 0 Å². The summed E-state index contributed by atoms with van der Waals surface area (Å²) in [7, 11) is 1.47. The minimum absolute atomic E-state index is 0.0928. The number of nitrogens with two attached hydrogens (primary N) is 1. The van der Waals surface area contributed by atoms with Crippen LogP contribution in [-0.4, -0.2) is 37.6 Å². The number of carbonyl (C=O) groups excluding carboxylic acids is 2. The number of amides is 2. The molecule has 0 aromatic heterocycles. The molecule has 0 aliphatic carbocycles. The maximum absolute atomic E-state index is 12.6. The first-order chi connectivity index (χ1) is 12.6. The van der Waals surface area contributed by atoms with Crippen molar-refractivity contribution in [1.82, 2.24) is 10.6 Å². The Hall–Kier alpha value is -2.70. The minimum atomic E-state index is -0.819. The molecular weight excluding hydrogens is 330 g/mol. The van der Waals surface area contributed by atoms with E-state index in [2.05, 4.69) is 10.6 Å². The molecule has 0 bridgehead atoms. The van der Waals surface area contributed by atoms with E-state index in [4.69, 9.17) is 10.5 Å². The molecule has 26 heavy (non-hydrogen) atoms. The first-order valence-corrected chi connectivity index (χ1v) is 8.50. The van der Waals surface area contributed by atoms with E-state index >= 15 is 0 Å². The lowest BCUT2D eigenvalue weighted by molar-refractivity contribution is -0.130. The molecule has 0 aliphatic rings. The Bertz CT molecular complexity index is 692. The molecule has 2 aromatic rings. The molecule has 6 heteroatoms. The Morgan fingerprint density at radius 1 is 0.962 bits per heavy atom. The van der Waals surface area contributed by atoms with E-state index in [1.54, 1.807) is 0 Å². The van der Waals surface area contributed by atoms with Crippen LogP contribution in [0.4, 0.5) is 0 Å². The van der Waals surface area contributed by atoms with Crippen LogP contribution in [-0.2, 0) is 27.3 Å². The first-order valence-electron chi connectivity index (χ1n) is 8.50. The standard InChI is InChI=1S/C20H25N3O3/c1-26-14-17(21)19(24)23-18(12-15-8-4-2-5-9-15)20(25)22-13-16-10-6-3-7-11-16/h2-11,17-18H,12-14,21H2,1H3,(H,22,25)(H,23,24). The van der Waals surface area contributed by atoms with Gasteiger partial charge in [-0.05, 0) is 11.1 Å². The summed E-state index contributed by atoms with van der Waals surface area (Å²) in [6.07, 6.45) is 0.382. The molecule has 6 nitrogen and oxygen atoms in total. The van der Waals surface area contributed by atoms with Crippen molar-refractivity contribution in [3.63, 3.8) is 0 Å². The lowest BCUT2D eigenvalue weighted by atomic mass is 10.0. The summed E-state index contributed by atoms with van der Waals surface area (Å²) in [6.45, 7) is 0.487. The second-order valence-corrected chi connectivity index (χ2v) is 6.02. The lowest BCUT2D eigenvalue weighted by Crippen LogP contribution is -2.53. The van der Waals surface area contributed by atoms with Crippen molar-refractivity contribution < 1.29 is 14.3 Å². The summed E-state index contributed by atoms with van der Waals surface area (Å²) in [4.78, 5) is 24.9. The molecule has 0 fully saturated rings. The van der Waals surface area contributed by atoms with Gasteiger partial charge in [0.25, 0.3) is 0 Å². The Balaban J connectivity index is 2.03. The second kappa shape index (κ2) is 10.3. The summed E-state index contributed by atoms with van der Waals surface area (Å²) in [6, 6.07) is 17.6. The third kappa shape index (κ3) is 6.31. The van der Waals surface area contributed by atoms with E-state index in [-0.39, 0.29) is 12.5 Å². The van der Waals surface area contributed by atoms with Crippen LogP contribution in [0.3, 0.4) is 0 Å². The molecule has 138 valence electrons. The smallest absolute Gasteiger partial charge is 0.243 e. The van der Waals surface area contributed by atoms with Crippen molar-refractivity contribution in [2.75, 3.05) is 13.7 Å². The van der Waals surface area contributed by atoms with Crippen LogP contribution in [0, 0.1) is 0 Å². The SMILES string of the molecule is COCC(N)C(=O)NC(Cc1ccccc1)C(=O)NCc1ccccc1. The fourth-order valence-electron chi connectivity index (χ4n) is 2.50. The molecule has 2 atom stereocenters. The molecule has 2 amide bonds. The third-order valence-corrected chi connectivity index (χ3v) is 3.91. The number of hydrogen-bond donors (Lipinski definition) is 3. The maximum atomic E-state index is 12.6. The van der Waals surface area contributed by atoms with Gasteiger partial charge in [0.2, 0.25) is 11.8 Å². The van der Waals surface area contributed by atoms with Gasteiger partial charge in [-0.15, -0.1) is 0 Å². The number of hydrogen-bond acceptors (Lipinski definition) is 4. The summed E-state index contributed by atoms with van der Waals surface area (Å²) in [5.74, 6) is -0.668. The van der Waals surface area contributed by atoms with Gasteiger partial charge in [0.1, 0.15) is 12.1 Å². The van der Waals surface area contributed by atoms with E-state index in [0.29, 0.717) is 13.0 Å². The predicted molar refractivity (Wildman–Crippen MR) is 100 cm³/mol. The molecule has 0 heterocycles. The highest BCUT2D eigenvalue weighted by molar-refractivity contribution is 5.89. The fraction of sp³-hybridized carbons (Fsp3) is 0.300. The number of rotatable bonds is 9. The van der Waals surface area contributed by atoms with Gasteiger partial charge in [0.05, 0.1) is 6.61 Å². The van der Waals surface area contributed by atoms with Gasteiger partial charge in [0, 0.05) is 20.1 Å². The second-order valence-electron chi connectivity index (χ2n) is 6.02. The number of benzene rings is 2. The van der Waals surface area contributed by atoms with Crippen molar-refractivity contribution >= 4 is 11.8 Å². The zero-order valence-corrected chi connectivity index (χ0v) is 14.9. The average Bonchev–Trinajstić information content (AvgIpc) is 2.67. The number of carbonyl (C=O) groups is 2. The molecule has 0 saturated carbocycles. The number of ether oxygens (including phenoxy) is 1. The monoisotopic (exact) mass is 355 g/mol. The number of methoxy groups -OCH3 is 1. The topological polar surface area (TPSA) is 93.4 Å². The Kier molecular flexibility index (Phi) is 7.79. The Morgan fingerprint density at radius 2 is 1.54 bits per heavy atom. The zero-order valence-electron chi connectivity index (χ0n) is 14.9. The van der Waals surface area contributed by atoms with Crippen molar-refractivity contribution in [3.05, 3.63) is 71.8 Å².